The topological polar surface area (TPSA) is 42.3 Å². The molecule has 1 saturated carbocycles. The first-order valence-electron chi connectivity index (χ1n) is 7.70. The molecule has 2 fully saturated rings. The Balaban J connectivity index is 1.73. The predicted molar refractivity (Wildman–Crippen MR) is 77.4 cm³/mol. The van der Waals surface area contributed by atoms with E-state index in [0.717, 1.165) is 19.4 Å². The summed E-state index contributed by atoms with van der Waals surface area (Å²) in [6.07, 6.45) is 9.01. The lowest BCUT2D eigenvalue weighted by atomic mass is 9.78. The van der Waals surface area contributed by atoms with Gasteiger partial charge in [0.25, 0.3) is 5.56 Å². The van der Waals surface area contributed by atoms with E-state index in [1.165, 1.54) is 36.3 Å². The maximum Gasteiger partial charge on any atom is 0.250 e. The highest BCUT2D eigenvalue weighted by molar-refractivity contribution is 5.76. The zero-order chi connectivity index (χ0) is 13.9. The molecule has 0 radical (unpaired) electrons. The highest BCUT2D eigenvalue weighted by atomic mass is 16.2. The standard InChI is InChI=1S/C16H22N2O2/c19-15-9-3-4-10-17(15)12-16(20)18-11-5-7-13-6-1-2-8-14(13)18/h3-4,9-10,13-14H,1-2,5-8,11-12H2/t13-,14-/m0/s1. The third-order valence-corrected chi connectivity index (χ3v) is 4.77. The van der Waals surface area contributed by atoms with Gasteiger partial charge in [-0.1, -0.05) is 18.9 Å². The zero-order valence-electron chi connectivity index (χ0n) is 11.8. The number of amides is 1. The van der Waals surface area contributed by atoms with Crippen LogP contribution < -0.4 is 5.56 Å². The molecule has 0 N–H and O–H groups in total. The van der Waals surface area contributed by atoms with Crippen LogP contribution in [0.5, 0.6) is 0 Å². The van der Waals surface area contributed by atoms with Gasteiger partial charge >= 0.3 is 0 Å². The third-order valence-electron chi connectivity index (χ3n) is 4.77. The summed E-state index contributed by atoms with van der Waals surface area (Å²) in [5.74, 6) is 0.795. The fourth-order valence-corrected chi connectivity index (χ4v) is 3.76. The Labute approximate surface area is 119 Å². The maximum atomic E-state index is 12.5. The second kappa shape index (κ2) is 5.81. The molecule has 0 unspecified atom stereocenters. The molecule has 4 nitrogen and oxygen atoms in total. The first-order chi connectivity index (χ1) is 9.75. The first-order valence-corrected chi connectivity index (χ1v) is 7.70. The molecule has 108 valence electrons. The molecule has 2 heterocycles. The summed E-state index contributed by atoms with van der Waals surface area (Å²) in [7, 11) is 0. The van der Waals surface area contributed by atoms with E-state index in [1.54, 1.807) is 18.3 Å². The summed E-state index contributed by atoms with van der Waals surface area (Å²) in [6, 6.07) is 5.44. The minimum atomic E-state index is -0.0990. The molecule has 1 aliphatic heterocycles. The molecule has 1 aliphatic carbocycles. The van der Waals surface area contributed by atoms with E-state index in [4.69, 9.17) is 0 Å². The van der Waals surface area contributed by atoms with E-state index < -0.39 is 0 Å². The Morgan fingerprint density at radius 2 is 1.95 bits per heavy atom. The van der Waals surface area contributed by atoms with Crippen molar-refractivity contribution in [2.45, 2.75) is 51.1 Å². The molecular weight excluding hydrogens is 252 g/mol. The molecule has 3 rings (SSSR count). The number of carbonyl (C=O) groups is 1. The Morgan fingerprint density at radius 3 is 2.80 bits per heavy atom. The van der Waals surface area contributed by atoms with Gasteiger partial charge < -0.3 is 9.47 Å². The number of hydrogen-bond donors (Lipinski definition) is 0. The van der Waals surface area contributed by atoms with Gasteiger partial charge in [0.15, 0.2) is 0 Å². The molecule has 0 aromatic carbocycles. The van der Waals surface area contributed by atoms with Crippen molar-refractivity contribution in [1.29, 1.82) is 0 Å². The average Bonchev–Trinajstić information content (AvgIpc) is 2.49. The second-order valence-corrected chi connectivity index (χ2v) is 6.01. The van der Waals surface area contributed by atoms with Gasteiger partial charge in [0.05, 0.1) is 0 Å². The minimum absolute atomic E-state index is 0.0990. The highest BCUT2D eigenvalue weighted by Gasteiger charge is 2.35. The molecular formula is C16H22N2O2. The minimum Gasteiger partial charge on any atom is -0.338 e. The van der Waals surface area contributed by atoms with Crippen molar-refractivity contribution in [2.24, 2.45) is 5.92 Å². The molecule has 0 bridgehead atoms. The van der Waals surface area contributed by atoms with Gasteiger partial charge in [0.1, 0.15) is 6.54 Å². The van der Waals surface area contributed by atoms with Gasteiger partial charge in [-0.05, 0) is 37.7 Å². The summed E-state index contributed by atoms with van der Waals surface area (Å²) in [5.41, 5.74) is -0.0990. The lowest BCUT2D eigenvalue weighted by Gasteiger charge is -2.44. The average molecular weight is 274 g/mol. The molecule has 1 aromatic rings. The predicted octanol–water partition coefficient (Wildman–Crippen LogP) is 2.03. The van der Waals surface area contributed by atoms with Crippen LogP contribution in [0.15, 0.2) is 29.2 Å². The molecule has 1 aromatic heterocycles. The molecule has 2 atom stereocenters. The Bertz CT molecular complexity index is 535. The normalized spacial score (nSPS) is 26.1. The maximum absolute atomic E-state index is 12.5. The van der Waals surface area contributed by atoms with Crippen LogP contribution in [0.1, 0.15) is 38.5 Å². The summed E-state index contributed by atoms with van der Waals surface area (Å²) < 4.78 is 1.51. The number of hydrogen-bond acceptors (Lipinski definition) is 2. The summed E-state index contributed by atoms with van der Waals surface area (Å²) in [6.45, 7) is 1.05. The van der Waals surface area contributed by atoms with E-state index in [2.05, 4.69) is 0 Å². The van der Waals surface area contributed by atoms with Crippen LogP contribution in [0.3, 0.4) is 0 Å². The molecule has 4 heteroatoms. The van der Waals surface area contributed by atoms with Crippen LogP contribution in [0, 0.1) is 5.92 Å². The van der Waals surface area contributed by atoms with Gasteiger partial charge in [0.2, 0.25) is 5.91 Å². The van der Waals surface area contributed by atoms with Crippen LogP contribution in [-0.2, 0) is 11.3 Å². The van der Waals surface area contributed by atoms with Crippen LogP contribution in [0.25, 0.3) is 0 Å². The lowest BCUT2D eigenvalue weighted by molar-refractivity contribution is -0.138. The van der Waals surface area contributed by atoms with E-state index >= 15 is 0 Å². The van der Waals surface area contributed by atoms with Crippen molar-refractivity contribution < 1.29 is 4.79 Å². The highest BCUT2D eigenvalue weighted by Crippen LogP contribution is 2.35. The summed E-state index contributed by atoms with van der Waals surface area (Å²) >= 11 is 0. The van der Waals surface area contributed by atoms with Crippen LogP contribution in [-0.4, -0.2) is 28.0 Å². The second-order valence-electron chi connectivity index (χ2n) is 6.01. The number of fused-ring (bicyclic) bond motifs is 1. The van der Waals surface area contributed by atoms with Crippen LogP contribution >= 0.6 is 0 Å². The SMILES string of the molecule is O=C(Cn1ccccc1=O)N1CCC[C@@H]2CCCC[C@@H]21. The molecule has 0 spiro atoms. The lowest BCUT2D eigenvalue weighted by Crippen LogP contribution is -2.51. The van der Waals surface area contributed by atoms with Gasteiger partial charge in [-0.15, -0.1) is 0 Å². The largest absolute Gasteiger partial charge is 0.338 e. The van der Waals surface area contributed by atoms with Crippen molar-refractivity contribution in [3.63, 3.8) is 0 Å². The Kier molecular flexibility index (Phi) is 3.90. The Morgan fingerprint density at radius 1 is 1.15 bits per heavy atom. The van der Waals surface area contributed by atoms with Crippen LogP contribution in [0.2, 0.25) is 0 Å². The third kappa shape index (κ3) is 2.65. The molecule has 1 amide bonds. The van der Waals surface area contributed by atoms with E-state index in [0.29, 0.717) is 12.0 Å². The zero-order valence-corrected chi connectivity index (χ0v) is 11.8. The van der Waals surface area contributed by atoms with Crippen molar-refractivity contribution in [3.8, 4) is 0 Å². The number of nitrogens with zero attached hydrogens (tertiary/aromatic N) is 2. The number of rotatable bonds is 2. The van der Waals surface area contributed by atoms with Crippen molar-refractivity contribution in [2.75, 3.05) is 6.54 Å². The first kappa shape index (κ1) is 13.4. The van der Waals surface area contributed by atoms with Crippen molar-refractivity contribution >= 4 is 5.91 Å². The van der Waals surface area contributed by atoms with Crippen molar-refractivity contribution in [3.05, 3.63) is 34.7 Å². The van der Waals surface area contributed by atoms with E-state index in [-0.39, 0.29) is 18.0 Å². The molecule has 1 saturated heterocycles. The smallest absolute Gasteiger partial charge is 0.250 e. The van der Waals surface area contributed by atoms with Gasteiger partial charge in [-0.3, -0.25) is 9.59 Å². The van der Waals surface area contributed by atoms with E-state index in [1.807, 2.05) is 4.90 Å². The fourth-order valence-electron chi connectivity index (χ4n) is 3.76. The van der Waals surface area contributed by atoms with E-state index in [9.17, 15) is 9.59 Å². The number of piperidine rings is 1. The number of carbonyl (C=O) groups excluding carboxylic acids is 1. The monoisotopic (exact) mass is 274 g/mol. The quantitative estimate of drug-likeness (QED) is 0.828. The number of pyridine rings is 1. The number of likely N-dealkylation sites (tertiary alicyclic amines) is 1. The summed E-state index contributed by atoms with van der Waals surface area (Å²) in [5, 5.41) is 0. The van der Waals surface area contributed by atoms with Crippen molar-refractivity contribution in [1.82, 2.24) is 9.47 Å². The van der Waals surface area contributed by atoms with Gasteiger partial charge in [-0.25, -0.2) is 0 Å². The molecule has 2 aliphatic rings. The van der Waals surface area contributed by atoms with Gasteiger partial charge in [-0.2, -0.15) is 0 Å². The van der Waals surface area contributed by atoms with Crippen LogP contribution in [0.4, 0.5) is 0 Å². The Hall–Kier alpha value is -1.58. The van der Waals surface area contributed by atoms with Gasteiger partial charge in [0, 0.05) is 24.8 Å². The fraction of sp³-hybridized carbons (Fsp3) is 0.625. The molecule has 20 heavy (non-hydrogen) atoms. The number of aromatic nitrogens is 1. The summed E-state index contributed by atoms with van der Waals surface area (Å²) in [4.78, 5) is 26.3.